The van der Waals surface area contributed by atoms with Gasteiger partial charge >= 0.3 is 0 Å². The van der Waals surface area contributed by atoms with Crippen LogP contribution in [0.1, 0.15) is 15.9 Å². The van der Waals surface area contributed by atoms with Gasteiger partial charge in [-0.2, -0.15) is 0 Å². The van der Waals surface area contributed by atoms with Crippen molar-refractivity contribution in [3.05, 3.63) is 114 Å². The summed E-state index contributed by atoms with van der Waals surface area (Å²) < 4.78 is 8.23. The van der Waals surface area contributed by atoms with Crippen molar-refractivity contribution >= 4 is 16.9 Å². The Morgan fingerprint density at radius 3 is 2.33 bits per heavy atom. The molecule has 0 radical (unpaired) electrons. The van der Waals surface area contributed by atoms with Crippen molar-refractivity contribution in [1.82, 2.24) is 14.9 Å². The van der Waals surface area contributed by atoms with Crippen molar-refractivity contribution in [2.45, 2.75) is 6.54 Å². The molecule has 0 aliphatic rings. The number of fused-ring (bicyclic) bond motifs is 1. The lowest BCUT2D eigenvalue weighted by molar-refractivity contribution is 0.0963. The summed E-state index contributed by atoms with van der Waals surface area (Å²) in [5, 5.41) is 2.68. The first-order valence-corrected chi connectivity index (χ1v) is 10.8. The first kappa shape index (κ1) is 20.5. The van der Waals surface area contributed by atoms with Gasteiger partial charge in [0.05, 0.1) is 11.0 Å². The fourth-order valence-electron chi connectivity index (χ4n) is 3.89. The molecule has 0 atom stereocenters. The van der Waals surface area contributed by atoms with Gasteiger partial charge in [-0.05, 0) is 48.0 Å². The summed E-state index contributed by atoms with van der Waals surface area (Å²) in [6.07, 6.45) is 0. The summed E-state index contributed by atoms with van der Waals surface area (Å²) >= 11 is 0. The molecule has 5 aromatic rings. The van der Waals surface area contributed by atoms with Crippen LogP contribution in [0.5, 0.6) is 11.5 Å². The van der Waals surface area contributed by atoms with E-state index in [-0.39, 0.29) is 5.91 Å². The van der Waals surface area contributed by atoms with Crippen LogP contribution < -0.4 is 10.1 Å². The summed E-state index contributed by atoms with van der Waals surface area (Å²) in [5.41, 5.74) is 4.44. The van der Waals surface area contributed by atoms with Crippen molar-refractivity contribution in [2.24, 2.45) is 0 Å². The van der Waals surface area contributed by atoms with E-state index in [1.54, 1.807) is 7.05 Å². The number of hydrogen-bond donors (Lipinski definition) is 1. The van der Waals surface area contributed by atoms with Gasteiger partial charge in [0.15, 0.2) is 0 Å². The van der Waals surface area contributed by atoms with Crippen molar-refractivity contribution in [2.75, 3.05) is 7.05 Å². The molecule has 4 aromatic carbocycles. The molecule has 0 fully saturated rings. The highest BCUT2D eigenvalue weighted by Crippen LogP contribution is 2.30. The lowest BCUT2D eigenvalue weighted by Gasteiger charge is -2.11. The first-order chi connectivity index (χ1) is 16.2. The third kappa shape index (κ3) is 4.34. The average Bonchev–Trinajstić information content (AvgIpc) is 3.22. The Kier molecular flexibility index (Phi) is 5.60. The number of aromatic nitrogens is 2. The van der Waals surface area contributed by atoms with Crippen LogP contribution in [-0.2, 0) is 6.54 Å². The number of ether oxygens (including phenoxy) is 1. The fraction of sp³-hybridized carbons (Fsp3) is 0.0714. The third-order valence-electron chi connectivity index (χ3n) is 5.49. The summed E-state index contributed by atoms with van der Waals surface area (Å²) in [4.78, 5) is 17.1. The molecule has 5 heteroatoms. The number of carbonyl (C=O) groups is 1. The minimum absolute atomic E-state index is 0.130. The van der Waals surface area contributed by atoms with E-state index in [1.165, 1.54) is 5.56 Å². The van der Waals surface area contributed by atoms with Gasteiger partial charge in [0.2, 0.25) is 0 Å². The maximum Gasteiger partial charge on any atom is 0.251 e. The SMILES string of the molecule is CNC(=O)c1ccc2c(c1)nc(-c1cccc(Oc3ccccc3)c1)n2Cc1ccccc1. The second-order valence-corrected chi connectivity index (χ2v) is 7.73. The van der Waals surface area contributed by atoms with E-state index in [2.05, 4.69) is 22.0 Å². The van der Waals surface area contributed by atoms with Gasteiger partial charge in [0.25, 0.3) is 5.91 Å². The smallest absolute Gasteiger partial charge is 0.251 e. The number of nitrogens with zero attached hydrogens (tertiary/aromatic N) is 2. The minimum atomic E-state index is -0.130. The largest absolute Gasteiger partial charge is 0.457 e. The molecule has 0 bridgehead atoms. The average molecular weight is 434 g/mol. The number of hydrogen-bond acceptors (Lipinski definition) is 3. The van der Waals surface area contributed by atoms with E-state index in [0.717, 1.165) is 33.9 Å². The van der Waals surface area contributed by atoms with Crippen LogP contribution in [0.2, 0.25) is 0 Å². The molecule has 1 N–H and O–H groups in total. The van der Waals surface area contributed by atoms with Gasteiger partial charge in [0.1, 0.15) is 17.3 Å². The topological polar surface area (TPSA) is 56.1 Å². The predicted molar refractivity (Wildman–Crippen MR) is 131 cm³/mol. The van der Waals surface area contributed by atoms with E-state index in [9.17, 15) is 4.79 Å². The summed E-state index contributed by atoms with van der Waals surface area (Å²) in [6.45, 7) is 0.662. The van der Waals surface area contributed by atoms with Crippen LogP contribution in [0.3, 0.4) is 0 Å². The molecule has 0 spiro atoms. The Morgan fingerprint density at radius 1 is 0.848 bits per heavy atom. The summed E-state index contributed by atoms with van der Waals surface area (Å²) in [6, 6.07) is 33.6. The maximum absolute atomic E-state index is 12.2. The van der Waals surface area contributed by atoms with E-state index in [0.29, 0.717) is 12.1 Å². The van der Waals surface area contributed by atoms with Crippen LogP contribution >= 0.6 is 0 Å². The summed E-state index contributed by atoms with van der Waals surface area (Å²) in [7, 11) is 1.63. The molecule has 5 rings (SSSR count). The van der Waals surface area contributed by atoms with Gasteiger partial charge in [-0.15, -0.1) is 0 Å². The number of amides is 1. The molecule has 33 heavy (non-hydrogen) atoms. The van der Waals surface area contributed by atoms with E-state index >= 15 is 0 Å². The van der Waals surface area contributed by atoms with Crippen LogP contribution in [0.15, 0.2) is 103 Å². The van der Waals surface area contributed by atoms with Crippen LogP contribution in [0.25, 0.3) is 22.4 Å². The number of imidazole rings is 1. The lowest BCUT2D eigenvalue weighted by atomic mass is 10.1. The van der Waals surface area contributed by atoms with Gasteiger partial charge < -0.3 is 14.6 Å². The van der Waals surface area contributed by atoms with Crippen LogP contribution in [-0.4, -0.2) is 22.5 Å². The number of para-hydroxylation sites is 1. The van der Waals surface area contributed by atoms with Gasteiger partial charge in [-0.25, -0.2) is 4.98 Å². The fourth-order valence-corrected chi connectivity index (χ4v) is 3.89. The zero-order valence-corrected chi connectivity index (χ0v) is 18.2. The Hall–Kier alpha value is -4.38. The Bertz CT molecular complexity index is 1410. The Labute approximate surface area is 192 Å². The predicted octanol–water partition coefficient (Wildman–Crippen LogP) is 5.90. The molecular formula is C28H23N3O2. The number of carbonyl (C=O) groups excluding carboxylic acids is 1. The van der Waals surface area contributed by atoms with Crippen molar-refractivity contribution in [1.29, 1.82) is 0 Å². The van der Waals surface area contributed by atoms with Crippen molar-refractivity contribution in [3.8, 4) is 22.9 Å². The standard InChI is InChI=1S/C28H23N3O2/c1-29-28(32)22-15-16-26-25(18-22)30-27(31(26)19-20-9-4-2-5-10-20)21-11-8-14-24(17-21)33-23-12-6-3-7-13-23/h2-18H,19H2,1H3,(H,29,32). The Morgan fingerprint density at radius 2 is 1.58 bits per heavy atom. The van der Waals surface area contributed by atoms with E-state index in [4.69, 9.17) is 9.72 Å². The van der Waals surface area contributed by atoms with Crippen LogP contribution in [0.4, 0.5) is 0 Å². The molecule has 0 aliphatic carbocycles. The molecule has 1 aromatic heterocycles. The van der Waals surface area contributed by atoms with Crippen LogP contribution in [0, 0.1) is 0 Å². The lowest BCUT2D eigenvalue weighted by Crippen LogP contribution is -2.17. The molecular weight excluding hydrogens is 410 g/mol. The van der Waals surface area contributed by atoms with E-state index in [1.807, 2.05) is 91.0 Å². The second kappa shape index (κ2) is 9.01. The Balaban J connectivity index is 1.61. The highest BCUT2D eigenvalue weighted by atomic mass is 16.5. The molecule has 0 saturated carbocycles. The molecule has 5 nitrogen and oxygen atoms in total. The normalized spacial score (nSPS) is 10.8. The molecule has 0 aliphatic heterocycles. The second-order valence-electron chi connectivity index (χ2n) is 7.73. The van der Waals surface area contributed by atoms with Gasteiger partial charge in [0, 0.05) is 24.7 Å². The summed E-state index contributed by atoms with van der Waals surface area (Å²) in [5.74, 6) is 2.21. The molecule has 1 heterocycles. The third-order valence-corrected chi connectivity index (χ3v) is 5.49. The quantitative estimate of drug-likeness (QED) is 0.363. The number of benzene rings is 4. The zero-order valence-electron chi connectivity index (χ0n) is 18.2. The minimum Gasteiger partial charge on any atom is -0.457 e. The molecule has 0 saturated heterocycles. The van der Waals surface area contributed by atoms with E-state index < -0.39 is 0 Å². The molecule has 1 amide bonds. The van der Waals surface area contributed by atoms with Crippen molar-refractivity contribution in [3.63, 3.8) is 0 Å². The molecule has 162 valence electrons. The number of rotatable bonds is 6. The first-order valence-electron chi connectivity index (χ1n) is 10.8. The monoisotopic (exact) mass is 433 g/mol. The molecule has 0 unspecified atom stereocenters. The van der Waals surface area contributed by atoms with Gasteiger partial charge in [-0.1, -0.05) is 60.7 Å². The highest BCUT2D eigenvalue weighted by Gasteiger charge is 2.16. The maximum atomic E-state index is 12.2. The zero-order chi connectivity index (χ0) is 22.6. The highest BCUT2D eigenvalue weighted by molar-refractivity contribution is 5.97. The van der Waals surface area contributed by atoms with Gasteiger partial charge in [-0.3, -0.25) is 4.79 Å². The van der Waals surface area contributed by atoms with Crippen molar-refractivity contribution < 1.29 is 9.53 Å². The number of nitrogens with one attached hydrogen (secondary N) is 1.